The van der Waals surface area contributed by atoms with Gasteiger partial charge in [-0.1, -0.05) is 25.1 Å². The summed E-state index contributed by atoms with van der Waals surface area (Å²) in [5, 5.41) is 0.991. The third kappa shape index (κ3) is 2.53. The monoisotopic (exact) mass is 432 g/mol. The highest BCUT2D eigenvalue weighted by Crippen LogP contribution is 2.41. The van der Waals surface area contributed by atoms with Gasteiger partial charge in [-0.05, 0) is 31.5 Å². The summed E-state index contributed by atoms with van der Waals surface area (Å²) in [6.45, 7) is 3.71. The number of hydrogen-bond acceptors (Lipinski definition) is 7. The second-order valence-electron chi connectivity index (χ2n) is 8.44. The smallest absolute Gasteiger partial charge is 0.355 e. The van der Waals surface area contributed by atoms with Crippen LogP contribution in [0.1, 0.15) is 37.0 Å². The maximum absolute atomic E-state index is 13.4. The third-order valence-corrected chi connectivity index (χ3v) is 6.60. The molecule has 0 N–H and O–H groups in total. The van der Waals surface area contributed by atoms with Crippen LogP contribution in [0.5, 0.6) is 0 Å². The second kappa shape index (κ2) is 6.49. The van der Waals surface area contributed by atoms with E-state index in [9.17, 15) is 14.4 Å². The summed E-state index contributed by atoms with van der Waals surface area (Å²) < 4.78 is 17.9. The number of hydrogen-bond donors (Lipinski definition) is 0. The summed E-state index contributed by atoms with van der Waals surface area (Å²) in [6.07, 6.45) is -0.835. The Morgan fingerprint density at radius 3 is 2.81 bits per heavy atom. The van der Waals surface area contributed by atoms with Crippen molar-refractivity contribution in [1.29, 1.82) is 0 Å². The van der Waals surface area contributed by atoms with Gasteiger partial charge in [0.2, 0.25) is 5.60 Å². The lowest BCUT2D eigenvalue weighted by atomic mass is 9.85. The first-order valence-corrected chi connectivity index (χ1v) is 10.6. The number of nitrogens with zero attached hydrogens (tertiary/aromatic N) is 2. The second-order valence-corrected chi connectivity index (χ2v) is 8.44. The maximum Gasteiger partial charge on any atom is 0.355 e. The van der Waals surface area contributed by atoms with Gasteiger partial charge in [-0.2, -0.15) is 0 Å². The summed E-state index contributed by atoms with van der Waals surface area (Å²) in [7, 11) is 0. The van der Waals surface area contributed by atoms with Crippen molar-refractivity contribution in [3.63, 3.8) is 0 Å². The Morgan fingerprint density at radius 1 is 1.28 bits per heavy atom. The van der Waals surface area contributed by atoms with Gasteiger partial charge in [-0.3, -0.25) is 4.79 Å². The quantitative estimate of drug-likeness (QED) is 0.362. The summed E-state index contributed by atoms with van der Waals surface area (Å²) in [4.78, 5) is 43.8. The molecule has 6 rings (SSSR count). The van der Waals surface area contributed by atoms with E-state index >= 15 is 0 Å². The zero-order chi connectivity index (χ0) is 22.2. The van der Waals surface area contributed by atoms with Crippen molar-refractivity contribution in [3.8, 4) is 11.4 Å². The van der Waals surface area contributed by atoms with Crippen molar-refractivity contribution in [1.82, 2.24) is 9.55 Å². The van der Waals surface area contributed by atoms with Gasteiger partial charge in [0.15, 0.2) is 6.10 Å². The molecule has 2 unspecified atom stereocenters. The van der Waals surface area contributed by atoms with E-state index in [-0.39, 0.29) is 24.7 Å². The largest absolute Gasteiger partial charge is 0.457 e. The van der Waals surface area contributed by atoms with Crippen LogP contribution >= 0.6 is 0 Å². The molecule has 3 atom stereocenters. The number of aromatic nitrogens is 2. The molecule has 0 saturated carbocycles. The standard InChI is InChI=1S/C24H20N2O6/c1-3-24(32-22(28)20-12(2)31-20)16-9-18-19-14(8-13-6-4-5-7-17(13)25-19)10-26(18)21(27)15(16)11-30-23(24)29/h4-9,12,20H,3,10-11H2,1-2H3/t12?,20?,24-/m0/s1. The maximum atomic E-state index is 13.4. The van der Waals surface area contributed by atoms with E-state index in [2.05, 4.69) is 0 Å². The average molecular weight is 432 g/mol. The normalized spacial score (nSPS) is 25.0. The molecule has 5 heterocycles. The molecule has 0 aliphatic carbocycles. The molecule has 162 valence electrons. The minimum atomic E-state index is -1.69. The van der Waals surface area contributed by atoms with E-state index in [1.54, 1.807) is 24.5 Å². The summed E-state index contributed by atoms with van der Waals surface area (Å²) in [6, 6.07) is 11.5. The van der Waals surface area contributed by atoms with Crippen LogP contribution in [0.4, 0.5) is 0 Å². The predicted molar refractivity (Wildman–Crippen MR) is 113 cm³/mol. The molecule has 0 radical (unpaired) electrons. The topological polar surface area (TPSA) is 100 Å². The Balaban J connectivity index is 1.54. The Morgan fingerprint density at radius 2 is 2.06 bits per heavy atom. The first kappa shape index (κ1) is 19.2. The number of pyridine rings is 2. The van der Waals surface area contributed by atoms with Crippen LogP contribution in [-0.2, 0) is 42.6 Å². The van der Waals surface area contributed by atoms with Gasteiger partial charge in [-0.15, -0.1) is 0 Å². The fourth-order valence-corrected chi connectivity index (χ4v) is 4.75. The van der Waals surface area contributed by atoms with Crippen LogP contribution in [0.25, 0.3) is 22.3 Å². The van der Waals surface area contributed by atoms with Crippen LogP contribution in [0.15, 0.2) is 41.2 Å². The predicted octanol–water partition coefficient (Wildman–Crippen LogP) is 2.42. The van der Waals surface area contributed by atoms with Crippen molar-refractivity contribution in [2.75, 3.05) is 0 Å². The third-order valence-electron chi connectivity index (χ3n) is 6.60. The number of para-hydroxylation sites is 1. The lowest BCUT2D eigenvalue weighted by Crippen LogP contribution is -2.48. The van der Waals surface area contributed by atoms with E-state index in [4.69, 9.17) is 19.2 Å². The van der Waals surface area contributed by atoms with Crippen molar-refractivity contribution in [2.45, 2.75) is 51.2 Å². The zero-order valence-electron chi connectivity index (χ0n) is 17.6. The van der Waals surface area contributed by atoms with Crippen LogP contribution in [0, 0.1) is 0 Å². The Kier molecular flexibility index (Phi) is 3.89. The molecule has 3 aliphatic rings. The summed E-state index contributed by atoms with van der Waals surface area (Å²) in [5.41, 5.74) is 1.78. The highest BCUT2D eigenvalue weighted by Gasteiger charge is 2.53. The van der Waals surface area contributed by atoms with Crippen molar-refractivity contribution < 1.29 is 23.8 Å². The SMILES string of the molecule is CC[C@@]1(OC(=O)C2OC2C)C(=O)OCc2c1cc1n(c2=O)Cc2cc3ccccc3nc2-1. The molecule has 3 aromatic rings. The summed E-state index contributed by atoms with van der Waals surface area (Å²) in [5.74, 6) is -1.31. The highest BCUT2D eigenvalue weighted by molar-refractivity contribution is 5.89. The Hall–Kier alpha value is -3.52. The fourth-order valence-electron chi connectivity index (χ4n) is 4.75. The molecular formula is C24H20N2O6. The molecule has 8 heteroatoms. The number of epoxide rings is 1. The first-order chi connectivity index (χ1) is 15.4. The molecule has 2 aromatic heterocycles. The molecule has 1 aromatic carbocycles. The van der Waals surface area contributed by atoms with Crippen molar-refractivity contribution in [3.05, 3.63) is 63.4 Å². The average Bonchev–Trinajstić information content (AvgIpc) is 3.43. The van der Waals surface area contributed by atoms with Crippen LogP contribution in [0.3, 0.4) is 0 Å². The van der Waals surface area contributed by atoms with E-state index < -0.39 is 23.6 Å². The lowest BCUT2D eigenvalue weighted by molar-refractivity contribution is -0.190. The number of ether oxygens (including phenoxy) is 3. The molecule has 0 bridgehead atoms. The van der Waals surface area contributed by atoms with Gasteiger partial charge in [-0.25, -0.2) is 14.6 Å². The number of benzene rings is 1. The lowest BCUT2D eigenvalue weighted by Gasteiger charge is -2.35. The van der Waals surface area contributed by atoms with E-state index in [0.29, 0.717) is 29.1 Å². The Bertz CT molecular complexity index is 1390. The van der Waals surface area contributed by atoms with Gasteiger partial charge < -0.3 is 18.8 Å². The van der Waals surface area contributed by atoms with E-state index in [1.165, 1.54) is 0 Å². The van der Waals surface area contributed by atoms with Crippen LogP contribution in [0.2, 0.25) is 0 Å². The molecule has 0 spiro atoms. The van der Waals surface area contributed by atoms with Gasteiger partial charge in [0.25, 0.3) is 5.56 Å². The first-order valence-electron chi connectivity index (χ1n) is 10.6. The molecule has 8 nitrogen and oxygen atoms in total. The minimum absolute atomic E-state index is 0.132. The number of rotatable bonds is 3. The van der Waals surface area contributed by atoms with Gasteiger partial charge in [0.05, 0.1) is 35.1 Å². The molecule has 32 heavy (non-hydrogen) atoms. The minimum Gasteiger partial charge on any atom is -0.457 e. The molecular weight excluding hydrogens is 412 g/mol. The van der Waals surface area contributed by atoms with Gasteiger partial charge in [0.1, 0.15) is 6.61 Å². The molecule has 1 saturated heterocycles. The van der Waals surface area contributed by atoms with E-state index in [1.807, 2.05) is 30.3 Å². The highest BCUT2D eigenvalue weighted by atomic mass is 16.7. The Labute approximate surface area is 182 Å². The van der Waals surface area contributed by atoms with Gasteiger partial charge >= 0.3 is 11.9 Å². The number of esters is 2. The number of carbonyl (C=O) groups is 2. The van der Waals surface area contributed by atoms with E-state index in [0.717, 1.165) is 16.5 Å². The zero-order valence-corrected chi connectivity index (χ0v) is 17.6. The number of fused-ring (bicyclic) bond motifs is 5. The van der Waals surface area contributed by atoms with Crippen molar-refractivity contribution >= 4 is 22.8 Å². The molecule has 1 fully saturated rings. The summed E-state index contributed by atoms with van der Waals surface area (Å²) >= 11 is 0. The fraction of sp³-hybridized carbons (Fsp3) is 0.333. The van der Waals surface area contributed by atoms with Gasteiger partial charge in [0, 0.05) is 16.5 Å². The molecule has 3 aliphatic heterocycles. The van der Waals surface area contributed by atoms with Crippen molar-refractivity contribution in [2.24, 2.45) is 0 Å². The molecule has 0 amide bonds. The number of carbonyl (C=O) groups excluding carboxylic acids is 2. The van der Waals surface area contributed by atoms with Crippen LogP contribution in [-0.4, -0.2) is 33.7 Å². The number of cyclic esters (lactones) is 1. The van der Waals surface area contributed by atoms with Crippen LogP contribution < -0.4 is 5.56 Å².